The number of aromatic nitrogens is 1. The summed E-state index contributed by atoms with van der Waals surface area (Å²) in [7, 11) is 0. The Kier molecular flexibility index (Phi) is 2.48. The lowest BCUT2D eigenvalue weighted by atomic mass is 9.68. The lowest BCUT2D eigenvalue weighted by Crippen LogP contribution is -2.22. The van der Waals surface area contributed by atoms with Crippen LogP contribution in [-0.2, 0) is 0 Å². The van der Waals surface area contributed by atoms with E-state index < -0.39 is 0 Å². The Balaban J connectivity index is 1.76. The van der Waals surface area contributed by atoms with Gasteiger partial charge in [-0.05, 0) is 61.1 Å². The fraction of sp³-hybridized carbons (Fsp3) is 0.412. The van der Waals surface area contributed by atoms with Crippen LogP contribution in [0.25, 0.3) is 5.69 Å². The molecule has 2 bridgehead atoms. The van der Waals surface area contributed by atoms with Gasteiger partial charge in [0.25, 0.3) is 0 Å². The smallest absolute Gasteiger partial charge is 0.202 e. The summed E-state index contributed by atoms with van der Waals surface area (Å²) in [6.45, 7) is 0. The fourth-order valence-corrected chi connectivity index (χ4v) is 5.41. The van der Waals surface area contributed by atoms with Crippen LogP contribution in [-0.4, -0.2) is 14.8 Å². The highest BCUT2D eigenvalue weighted by Gasteiger charge is 2.58. The van der Waals surface area contributed by atoms with E-state index in [1.165, 1.54) is 11.0 Å². The van der Waals surface area contributed by atoms with Crippen molar-refractivity contribution in [1.82, 2.24) is 4.57 Å². The van der Waals surface area contributed by atoms with E-state index in [2.05, 4.69) is 0 Å². The Morgan fingerprint density at radius 2 is 1.36 bits per heavy atom. The van der Waals surface area contributed by atoms with E-state index in [9.17, 15) is 10.2 Å². The molecule has 0 aliphatic heterocycles. The third-order valence-electron chi connectivity index (χ3n) is 5.76. The first kappa shape index (κ1) is 13.1. The van der Waals surface area contributed by atoms with Crippen molar-refractivity contribution in [1.29, 1.82) is 0 Å². The van der Waals surface area contributed by atoms with E-state index in [4.69, 9.17) is 23.2 Å². The molecule has 1 aromatic carbocycles. The predicted octanol–water partition coefficient (Wildman–Crippen LogP) is 4.81. The minimum atomic E-state index is 0.158. The highest BCUT2D eigenvalue weighted by Crippen LogP contribution is 2.70. The molecule has 0 amide bonds. The lowest BCUT2D eigenvalue weighted by Gasteiger charge is -2.35. The van der Waals surface area contributed by atoms with Gasteiger partial charge < -0.3 is 10.2 Å². The molecule has 5 heteroatoms. The number of aromatic hydroxyl groups is 2. The van der Waals surface area contributed by atoms with E-state index in [1.54, 1.807) is 18.2 Å². The second-order valence-electron chi connectivity index (χ2n) is 6.79. The van der Waals surface area contributed by atoms with Crippen LogP contribution in [0.4, 0.5) is 0 Å². The van der Waals surface area contributed by atoms with Gasteiger partial charge in [0.05, 0.1) is 5.69 Å². The monoisotopic (exact) mass is 335 g/mol. The van der Waals surface area contributed by atoms with E-state index in [0.717, 1.165) is 24.0 Å². The Hall–Kier alpha value is -1.32. The minimum Gasteiger partial charge on any atom is -0.494 e. The number of hydrogen-bond acceptors (Lipinski definition) is 2. The number of hydrogen-bond donors (Lipinski definition) is 2. The van der Waals surface area contributed by atoms with Crippen molar-refractivity contribution in [2.24, 2.45) is 11.8 Å². The van der Waals surface area contributed by atoms with Gasteiger partial charge in [0, 0.05) is 21.2 Å². The van der Waals surface area contributed by atoms with Gasteiger partial charge in [0.2, 0.25) is 11.8 Å². The van der Waals surface area contributed by atoms with E-state index in [-0.39, 0.29) is 11.8 Å². The molecule has 0 spiro atoms. The SMILES string of the molecule is Oc1c2c(c(O)n1-c1cc(Cl)cc(Cl)c1)[C@@H]1CC[C@H]2[C@H]2C[C@H]21. The molecule has 0 unspecified atom stereocenters. The molecule has 2 N–H and O–H groups in total. The van der Waals surface area contributed by atoms with Gasteiger partial charge in [-0.1, -0.05) is 23.2 Å². The number of nitrogens with zero attached hydrogens (tertiary/aromatic N) is 1. The Bertz CT molecular complexity index is 754. The molecule has 1 heterocycles. The standard InChI is InChI=1S/C17H15Cl2NO2/c18-7-3-8(19)5-9(4-7)20-16(21)14-10-1-2-11(13-6-12(10)13)15(14)17(20)22/h3-5,10-13,21-22H,1-2,6H2/t10-,11+,12+,13-. The van der Waals surface area contributed by atoms with Crippen LogP contribution in [0.5, 0.6) is 11.8 Å². The summed E-state index contributed by atoms with van der Waals surface area (Å²) < 4.78 is 1.50. The summed E-state index contributed by atoms with van der Waals surface area (Å²) in [6, 6.07) is 5.06. The normalized spacial score (nSPS) is 31.0. The van der Waals surface area contributed by atoms with Crippen molar-refractivity contribution in [3.63, 3.8) is 0 Å². The molecule has 22 heavy (non-hydrogen) atoms. The summed E-state index contributed by atoms with van der Waals surface area (Å²) in [6.07, 6.45) is 3.48. The number of halogens is 2. The molecule has 0 saturated heterocycles. The second-order valence-corrected chi connectivity index (χ2v) is 7.66. The Labute approximate surface area is 138 Å². The largest absolute Gasteiger partial charge is 0.494 e. The molecule has 2 fully saturated rings. The van der Waals surface area contributed by atoms with Crippen molar-refractivity contribution >= 4 is 23.2 Å². The van der Waals surface area contributed by atoms with Crippen molar-refractivity contribution in [2.75, 3.05) is 0 Å². The van der Waals surface area contributed by atoms with Crippen LogP contribution < -0.4 is 0 Å². The highest BCUT2D eigenvalue weighted by atomic mass is 35.5. The molecule has 6 rings (SSSR count). The lowest BCUT2D eigenvalue weighted by molar-refractivity contribution is 0.322. The van der Waals surface area contributed by atoms with Crippen molar-refractivity contribution in [3.8, 4) is 17.4 Å². The zero-order valence-corrected chi connectivity index (χ0v) is 13.3. The first-order valence-corrected chi connectivity index (χ1v) is 8.44. The Morgan fingerprint density at radius 1 is 0.864 bits per heavy atom. The van der Waals surface area contributed by atoms with Crippen LogP contribution in [0, 0.1) is 11.8 Å². The topological polar surface area (TPSA) is 45.4 Å². The third kappa shape index (κ3) is 1.53. The summed E-state index contributed by atoms with van der Waals surface area (Å²) >= 11 is 12.1. The number of benzene rings is 1. The van der Waals surface area contributed by atoms with Gasteiger partial charge in [-0.15, -0.1) is 0 Å². The van der Waals surface area contributed by atoms with Crippen molar-refractivity contribution in [2.45, 2.75) is 31.1 Å². The zero-order valence-electron chi connectivity index (χ0n) is 11.8. The molecule has 4 aliphatic carbocycles. The molecule has 3 nitrogen and oxygen atoms in total. The van der Waals surface area contributed by atoms with Crippen molar-refractivity contribution in [3.05, 3.63) is 39.4 Å². The molecule has 0 radical (unpaired) electrons. The third-order valence-corrected chi connectivity index (χ3v) is 6.19. The predicted molar refractivity (Wildman–Crippen MR) is 85.4 cm³/mol. The summed E-state index contributed by atoms with van der Waals surface area (Å²) in [5.74, 6) is 2.51. The van der Waals surface area contributed by atoms with Crippen LogP contribution in [0.3, 0.4) is 0 Å². The van der Waals surface area contributed by atoms with Gasteiger partial charge in [0.15, 0.2) is 0 Å². The zero-order chi connectivity index (χ0) is 15.2. The maximum atomic E-state index is 10.8. The van der Waals surface area contributed by atoms with Gasteiger partial charge >= 0.3 is 0 Å². The van der Waals surface area contributed by atoms with E-state index >= 15 is 0 Å². The van der Waals surface area contributed by atoms with Crippen LogP contribution in [0.15, 0.2) is 18.2 Å². The van der Waals surface area contributed by atoms with Gasteiger partial charge in [0.1, 0.15) is 0 Å². The van der Waals surface area contributed by atoms with Crippen LogP contribution in [0.1, 0.15) is 42.2 Å². The molecule has 2 aromatic rings. The quantitative estimate of drug-likeness (QED) is 0.785. The number of rotatable bonds is 1. The maximum Gasteiger partial charge on any atom is 0.202 e. The summed E-state index contributed by atoms with van der Waals surface area (Å²) in [4.78, 5) is 0. The van der Waals surface area contributed by atoms with Crippen LogP contribution >= 0.6 is 23.2 Å². The first-order valence-electron chi connectivity index (χ1n) is 7.69. The highest BCUT2D eigenvalue weighted by molar-refractivity contribution is 6.34. The maximum absolute atomic E-state index is 10.8. The van der Waals surface area contributed by atoms with Gasteiger partial charge in [-0.2, -0.15) is 0 Å². The fourth-order valence-electron chi connectivity index (χ4n) is 4.89. The van der Waals surface area contributed by atoms with E-state index in [0.29, 0.717) is 39.4 Å². The van der Waals surface area contributed by atoms with Gasteiger partial charge in [-0.25, -0.2) is 0 Å². The summed E-state index contributed by atoms with van der Waals surface area (Å²) in [5, 5.41) is 22.5. The molecule has 4 aliphatic rings. The molecule has 4 atom stereocenters. The van der Waals surface area contributed by atoms with Crippen LogP contribution in [0.2, 0.25) is 10.0 Å². The second kappa shape index (κ2) is 4.15. The molecule has 2 saturated carbocycles. The molecular weight excluding hydrogens is 321 g/mol. The van der Waals surface area contributed by atoms with E-state index in [1.807, 2.05) is 0 Å². The average molecular weight is 336 g/mol. The molecular formula is C17H15Cl2NO2. The Morgan fingerprint density at radius 3 is 1.86 bits per heavy atom. The first-order chi connectivity index (χ1) is 10.6. The molecule has 1 aromatic heterocycles. The average Bonchev–Trinajstić information content (AvgIpc) is 3.23. The molecule has 114 valence electrons. The summed E-state index contributed by atoms with van der Waals surface area (Å²) in [5.41, 5.74) is 2.53. The van der Waals surface area contributed by atoms with Gasteiger partial charge in [-0.3, -0.25) is 4.57 Å². The number of fused-ring (bicyclic) bond motifs is 1. The van der Waals surface area contributed by atoms with Crippen molar-refractivity contribution < 1.29 is 10.2 Å². The minimum absolute atomic E-state index is 0.158.